The van der Waals surface area contributed by atoms with Gasteiger partial charge in [0.25, 0.3) is 0 Å². The summed E-state index contributed by atoms with van der Waals surface area (Å²) in [5.41, 5.74) is 10.1. The molecule has 0 fully saturated rings. The third-order valence-corrected chi connectivity index (χ3v) is 5.02. The summed E-state index contributed by atoms with van der Waals surface area (Å²) in [6.07, 6.45) is 1.71. The van der Waals surface area contributed by atoms with Crippen LogP contribution in [0.15, 0.2) is 70.2 Å². The number of aromatic nitrogens is 1. The highest BCUT2D eigenvalue weighted by molar-refractivity contribution is 8.13. The molecule has 0 bridgehead atoms. The van der Waals surface area contributed by atoms with E-state index < -0.39 is 0 Å². The van der Waals surface area contributed by atoms with E-state index in [1.54, 1.807) is 17.6 Å². The van der Waals surface area contributed by atoms with Crippen molar-refractivity contribution in [2.45, 2.75) is 12.7 Å². The number of nitrogens with two attached hydrogens (primary N) is 1. The average molecular weight is 367 g/mol. The molecule has 25 heavy (non-hydrogen) atoms. The molecule has 0 spiro atoms. The van der Waals surface area contributed by atoms with Crippen LogP contribution in [0, 0.1) is 6.92 Å². The second-order valence-electron chi connectivity index (χ2n) is 5.33. The van der Waals surface area contributed by atoms with E-state index >= 15 is 0 Å². The van der Waals surface area contributed by atoms with Crippen LogP contribution in [0.5, 0.6) is 0 Å². The first-order valence-electron chi connectivity index (χ1n) is 7.76. The molecule has 1 aromatic heterocycles. The minimum atomic E-state index is 0.450. The van der Waals surface area contributed by atoms with Gasteiger partial charge >= 0.3 is 0 Å². The summed E-state index contributed by atoms with van der Waals surface area (Å²) in [6, 6.07) is 18.2. The lowest BCUT2D eigenvalue weighted by Gasteiger charge is -1.99. The zero-order chi connectivity index (χ0) is 17.5. The first-order chi connectivity index (χ1) is 12.2. The number of thioether (sulfide) groups is 1. The van der Waals surface area contributed by atoms with E-state index in [4.69, 9.17) is 5.73 Å². The summed E-state index contributed by atoms with van der Waals surface area (Å²) < 4.78 is 0. The van der Waals surface area contributed by atoms with Crippen molar-refractivity contribution in [2.75, 3.05) is 0 Å². The van der Waals surface area contributed by atoms with Gasteiger partial charge in [0.05, 0.1) is 16.9 Å². The predicted molar refractivity (Wildman–Crippen MR) is 109 cm³/mol. The van der Waals surface area contributed by atoms with E-state index in [2.05, 4.69) is 32.7 Å². The first-order valence-corrected chi connectivity index (χ1v) is 9.63. The van der Waals surface area contributed by atoms with Crippen LogP contribution < -0.4 is 5.73 Å². The van der Waals surface area contributed by atoms with Crippen molar-refractivity contribution < 1.29 is 0 Å². The number of amidine groups is 1. The fraction of sp³-hybridized carbons (Fsp3) is 0.105. The number of hydrogen-bond acceptors (Lipinski definition) is 5. The Morgan fingerprint density at radius 2 is 2.04 bits per heavy atom. The Kier molecular flexibility index (Phi) is 5.98. The maximum Gasteiger partial charge on any atom is 0.180 e. The van der Waals surface area contributed by atoms with Crippen LogP contribution in [-0.2, 0) is 5.75 Å². The second-order valence-corrected chi connectivity index (χ2v) is 7.39. The summed E-state index contributed by atoms with van der Waals surface area (Å²) in [7, 11) is 0. The summed E-state index contributed by atoms with van der Waals surface area (Å²) in [6.45, 7) is 2.00. The van der Waals surface area contributed by atoms with Gasteiger partial charge in [0.2, 0.25) is 0 Å². The minimum Gasteiger partial charge on any atom is -0.377 e. The van der Waals surface area contributed by atoms with Crippen molar-refractivity contribution in [1.29, 1.82) is 0 Å². The summed E-state index contributed by atoms with van der Waals surface area (Å²) in [4.78, 5) is 4.51. The normalized spacial score (nSPS) is 12.0. The van der Waals surface area contributed by atoms with Crippen molar-refractivity contribution in [3.8, 4) is 11.3 Å². The van der Waals surface area contributed by atoms with Crippen LogP contribution in [0.2, 0.25) is 0 Å². The standard InChI is InChI=1S/C19H18N4S2/c1-14-22-18(13-24-14)17-9-5-8-16(10-17)11-21-23-19(20)25-12-15-6-3-2-4-7-15/h2-11,13H,12H2,1H3,(H2,20,23). The van der Waals surface area contributed by atoms with Crippen molar-refractivity contribution in [3.63, 3.8) is 0 Å². The van der Waals surface area contributed by atoms with Gasteiger partial charge in [0, 0.05) is 16.7 Å². The van der Waals surface area contributed by atoms with E-state index in [0.717, 1.165) is 27.6 Å². The van der Waals surface area contributed by atoms with E-state index in [1.807, 2.05) is 49.4 Å². The highest BCUT2D eigenvalue weighted by atomic mass is 32.2. The lowest BCUT2D eigenvalue weighted by Crippen LogP contribution is -2.05. The molecule has 2 N–H and O–H groups in total. The van der Waals surface area contributed by atoms with Gasteiger partial charge < -0.3 is 5.73 Å². The molecule has 4 nitrogen and oxygen atoms in total. The molecule has 0 aliphatic rings. The third-order valence-electron chi connectivity index (χ3n) is 3.39. The SMILES string of the molecule is Cc1nc(-c2cccc(C=NN=C(N)SCc3ccccc3)c2)cs1. The van der Waals surface area contributed by atoms with Crippen LogP contribution in [0.25, 0.3) is 11.3 Å². The Morgan fingerprint density at radius 3 is 2.80 bits per heavy atom. The summed E-state index contributed by atoms with van der Waals surface area (Å²) in [5, 5.41) is 11.7. The van der Waals surface area contributed by atoms with Crippen LogP contribution >= 0.6 is 23.1 Å². The number of nitrogens with zero attached hydrogens (tertiary/aromatic N) is 3. The molecule has 6 heteroatoms. The first kappa shape index (κ1) is 17.4. The van der Waals surface area contributed by atoms with Crippen molar-refractivity contribution in [1.82, 2.24) is 4.98 Å². The Morgan fingerprint density at radius 1 is 1.20 bits per heavy atom. The molecule has 0 saturated carbocycles. The van der Waals surface area contributed by atoms with E-state index in [1.165, 1.54) is 17.3 Å². The van der Waals surface area contributed by atoms with Crippen LogP contribution in [0.1, 0.15) is 16.1 Å². The fourth-order valence-corrected chi connectivity index (χ4v) is 3.42. The molecule has 0 radical (unpaired) electrons. The van der Waals surface area contributed by atoms with Gasteiger partial charge in [-0.2, -0.15) is 5.10 Å². The third kappa shape index (κ3) is 5.27. The smallest absolute Gasteiger partial charge is 0.180 e. The molecule has 1 heterocycles. The molecule has 3 rings (SSSR count). The lowest BCUT2D eigenvalue weighted by atomic mass is 10.1. The molecule has 126 valence electrons. The second kappa shape index (κ2) is 8.60. The maximum absolute atomic E-state index is 5.90. The van der Waals surface area contributed by atoms with Crippen LogP contribution in [0.3, 0.4) is 0 Å². The van der Waals surface area contributed by atoms with Crippen molar-refractivity contribution >= 4 is 34.5 Å². The zero-order valence-corrected chi connectivity index (χ0v) is 15.4. The molecule has 0 amide bonds. The number of thiazole rings is 1. The van der Waals surface area contributed by atoms with Crippen molar-refractivity contribution in [2.24, 2.45) is 15.9 Å². The summed E-state index contributed by atoms with van der Waals surface area (Å²) in [5.74, 6) is 0.782. The van der Waals surface area contributed by atoms with Gasteiger partial charge in [0.15, 0.2) is 5.17 Å². The lowest BCUT2D eigenvalue weighted by molar-refractivity contribution is 1.25. The molecule has 0 saturated heterocycles. The number of benzene rings is 2. The molecule has 0 aliphatic carbocycles. The van der Waals surface area contributed by atoms with Gasteiger partial charge in [-0.3, -0.25) is 0 Å². The monoisotopic (exact) mass is 366 g/mol. The molecule has 0 unspecified atom stereocenters. The quantitative estimate of drug-likeness (QED) is 0.404. The largest absolute Gasteiger partial charge is 0.377 e. The zero-order valence-electron chi connectivity index (χ0n) is 13.8. The van der Waals surface area contributed by atoms with Gasteiger partial charge in [-0.25, -0.2) is 4.98 Å². The van der Waals surface area contributed by atoms with Crippen LogP contribution in [0.4, 0.5) is 0 Å². The van der Waals surface area contributed by atoms with E-state index in [0.29, 0.717) is 5.17 Å². The van der Waals surface area contributed by atoms with Gasteiger partial charge in [0.1, 0.15) is 0 Å². The molecule has 3 aromatic rings. The van der Waals surface area contributed by atoms with Crippen molar-refractivity contribution in [3.05, 3.63) is 76.1 Å². The highest BCUT2D eigenvalue weighted by Crippen LogP contribution is 2.22. The molecule has 2 aromatic carbocycles. The Labute approximate surface area is 155 Å². The Balaban J connectivity index is 1.61. The molecular weight excluding hydrogens is 348 g/mol. The minimum absolute atomic E-state index is 0.450. The molecule has 0 atom stereocenters. The fourth-order valence-electron chi connectivity index (χ4n) is 2.19. The number of rotatable bonds is 5. The van der Waals surface area contributed by atoms with E-state index in [9.17, 15) is 0 Å². The van der Waals surface area contributed by atoms with Crippen LogP contribution in [-0.4, -0.2) is 16.4 Å². The molecular formula is C19H18N4S2. The topological polar surface area (TPSA) is 63.6 Å². The summed E-state index contributed by atoms with van der Waals surface area (Å²) >= 11 is 3.12. The predicted octanol–water partition coefficient (Wildman–Crippen LogP) is 4.70. The van der Waals surface area contributed by atoms with Gasteiger partial charge in [-0.05, 0) is 24.1 Å². The van der Waals surface area contributed by atoms with Gasteiger partial charge in [-0.15, -0.1) is 16.4 Å². The number of hydrogen-bond donors (Lipinski definition) is 1. The number of aryl methyl sites for hydroxylation is 1. The average Bonchev–Trinajstić information content (AvgIpc) is 3.08. The Bertz CT molecular complexity index is 885. The highest BCUT2D eigenvalue weighted by Gasteiger charge is 2.02. The van der Waals surface area contributed by atoms with Gasteiger partial charge in [-0.1, -0.05) is 60.3 Å². The molecule has 0 aliphatic heterocycles. The van der Waals surface area contributed by atoms with E-state index in [-0.39, 0.29) is 0 Å². The Hall–Kier alpha value is -2.44. The maximum atomic E-state index is 5.90.